The third-order valence-electron chi connectivity index (χ3n) is 4.33. The number of fused-ring (bicyclic) bond motifs is 1. The number of anilines is 2. The minimum absolute atomic E-state index is 0.0362. The normalized spacial score (nSPS) is 14.3. The quantitative estimate of drug-likeness (QED) is 0.782. The van der Waals surface area contributed by atoms with Gasteiger partial charge in [0.05, 0.1) is 17.7 Å². The van der Waals surface area contributed by atoms with Crippen molar-refractivity contribution in [2.75, 3.05) is 27.6 Å². The molecule has 0 spiro atoms. The lowest BCUT2D eigenvalue weighted by Gasteiger charge is -2.16. The highest BCUT2D eigenvalue weighted by Gasteiger charge is 2.26. The second-order valence-electron chi connectivity index (χ2n) is 6.44. The molecule has 0 amide bonds. The van der Waals surface area contributed by atoms with Gasteiger partial charge >= 0.3 is 0 Å². The van der Waals surface area contributed by atoms with E-state index < -0.39 is 20.0 Å². The highest BCUT2D eigenvalue weighted by molar-refractivity contribution is 7.92. The third-order valence-corrected chi connectivity index (χ3v) is 6.88. The predicted molar refractivity (Wildman–Crippen MR) is 105 cm³/mol. The first-order valence-electron chi connectivity index (χ1n) is 8.40. The largest absolute Gasteiger partial charge is 0.284 e. The molecule has 26 heavy (non-hydrogen) atoms. The summed E-state index contributed by atoms with van der Waals surface area (Å²) in [5.41, 5.74) is 3.04. The summed E-state index contributed by atoms with van der Waals surface area (Å²) in [4.78, 5) is 0. The maximum Gasteiger partial charge on any atom is 0.232 e. The Morgan fingerprint density at radius 3 is 2.46 bits per heavy atom. The van der Waals surface area contributed by atoms with Crippen LogP contribution in [0.5, 0.6) is 0 Å². The molecule has 0 radical (unpaired) electrons. The number of nitrogens with one attached hydrogen (secondary N) is 1. The Morgan fingerprint density at radius 1 is 1.04 bits per heavy atom. The van der Waals surface area contributed by atoms with E-state index in [1.54, 1.807) is 18.2 Å². The van der Waals surface area contributed by atoms with Crippen molar-refractivity contribution in [2.24, 2.45) is 0 Å². The van der Waals surface area contributed by atoms with Crippen LogP contribution in [0.4, 0.5) is 11.4 Å². The average molecular weight is 395 g/mol. The second kappa shape index (κ2) is 7.28. The molecule has 0 saturated carbocycles. The van der Waals surface area contributed by atoms with E-state index in [0.29, 0.717) is 37.2 Å². The van der Waals surface area contributed by atoms with Crippen molar-refractivity contribution >= 4 is 31.4 Å². The summed E-state index contributed by atoms with van der Waals surface area (Å²) in [6, 6.07) is 14.7. The van der Waals surface area contributed by atoms with Gasteiger partial charge in [-0.05, 0) is 48.6 Å². The predicted octanol–water partition coefficient (Wildman–Crippen LogP) is 2.38. The topological polar surface area (TPSA) is 83.6 Å². The molecule has 2 aromatic carbocycles. The van der Waals surface area contributed by atoms with Crippen molar-refractivity contribution in [1.29, 1.82) is 0 Å². The van der Waals surface area contributed by atoms with Crippen LogP contribution in [0.3, 0.4) is 0 Å². The zero-order valence-electron chi connectivity index (χ0n) is 14.6. The van der Waals surface area contributed by atoms with Gasteiger partial charge in [0.2, 0.25) is 20.0 Å². The highest BCUT2D eigenvalue weighted by atomic mass is 32.2. The van der Waals surface area contributed by atoms with Crippen molar-refractivity contribution in [1.82, 2.24) is 0 Å². The first kappa shape index (κ1) is 18.7. The van der Waals surface area contributed by atoms with Crippen molar-refractivity contribution in [3.63, 3.8) is 0 Å². The SMILES string of the molecule is CS(=O)(=O)N1CCc2cc(NS(=O)(=O)CCCc3ccccc3)ccc21. The van der Waals surface area contributed by atoms with E-state index in [0.717, 1.165) is 11.1 Å². The molecular formula is C18H22N2O4S2. The van der Waals surface area contributed by atoms with E-state index in [1.165, 1.54) is 10.6 Å². The van der Waals surface area contributed by atoms with Gasteiger partial charge in [-0.3, -0.25) is 9.03 Å². The van der Waals surface area contributed by atoms with E-state index >= 15 is 0 Å². The minimum atomic E-state index is -3.45. The molecule has 0 fully saturated rings. The molecule has 0 unspecified atom stereocenters. The Hall–Kier alpha value is -2.06. The number of aryl methyl sites for hydroxylation is 1. The van der Waals surface area contributed by atoms with Gasteiger partial charge in [-0.2, -0.15) is 0 Å². The standard InChI is InChI=1S/C18H22N2O4S2/c1-25(21,22)20-12-11-16-14-17(9-10-18(16)20)19-26(23,24)13-5-8-15-6-3-2-4-7-15/h2-4,6-7,9-10,14,19H,5,8,11-13H2,1H3. The summed E-state index contributed by atoms with van der Waals surface area (Å²) in [5.74, 6) is 0.0362. The maximum absolute atomic E-state index is 12.3. The molecule has 2 aromatic rings. The zero-order chi connectivity index (χ0) is 18.8. The van der Waals surface area contributed by atoms with Gasteiger partial charge in [-0.15, -0.1) is 0 Å². The second-order valence-corrected chi connectivity index (χ2v) is 10.2. The Balaban J connectivity index is 1.63. The third kappa shape index (κ3) is 4.56. The molecule has 8 heteroatoms. The monoisotopic (exact) mass is 394 g/mol. The fraction of sp³-hybridized carbons (Fsp3) is 0.333. The first-order valence-corrected chi connectivity index (χ1v) is 11.9. The average Bonchev–Trinajstić information content (AvgIpc) is 2.98. The number of hydrogen-bond donors (Lipinski definition) is 1. The molecular weight excluding hydrogens is 372 g/mol. The van der Waals surface area contributed by atoms with Crippen LogP contribution in [0.15, 0.2) is 48.5 Å². The molecule has 0 aliphatic carbocycles. The van der Waals surface area contributed by atoms with Crippen LogP contribution in [-0.2, 0) is 32.9 Å². The summed E-state index contributed by atoms with van der Waals surface area (Å²) in [5, 5.41) is 0. The molecule has 0 atom stereocenters. The summed E-state index contributed by atoms with van der Waals surface area (Å²) in [6.07, 6.45) is 2.98. The summed E-state index contributed by atoms with van der Waals surface area (Å²) >= 11 is 0. The lowest BCUT2D eigenvalue weighted by Crippen LogP contribution is -2.27. The number of sulfonamides is 2. The van der Waals surface area contributed by atoms with Crippen LogP contribution in [0.25, 0.3) is 0 Å². The number of nitrogens with zero attached hydrogens (tertiary/aromatic N) is 1. The van der Waals surface area contributed by atoms with E-state index in [2.05, 4.69) is 4.72 Å². The summed E-state index contributed by atoms with van der Waals surface area (Å²) in [6.45, 7) is 0.390. The van der Waals surface area contributed by atoms with Gasteiger partial charge in [0, 0.05) is 12.2 Å². The fourth-order valence-electron chi connectivity index (χ4n) is 3.12. The van der Waals surface area contributed by atoms with E-state index in [9.17, 15) is 16.8 Å². The van der Waals surface area contributed by atoms with Crippen LogP contribution in [0.1, 0.15) is 17.5 Å². The Morgan fingerprint density at radius 2 is 1.77 bits per heavy atom. The number of benzene rings is 2. The van der Waals surface area contributed by atoms with E-state index in [-0.39, 0.29) is 5.75 Å². The van der Waals surface area contributed by atoms with E-state index in [1.807, 2.05) is 30.3 Å². The van der Waals surface area contributed by atoms with Crippen molar-refractivity contribution in [3.05, 3.63) is 59.7 Å². The van der Waals surface area contributed by atoms with Crippen LogP contribution in [0.2, 0.25) is 0 Å². The highest BCUT2D eigenvalue weighted by Crippen LogP contribution is 2.32. The molecule has 0 saturated heterocycles. The molecule has 1 aliphatic rings. The van der Waals surface area contributed by atoms with Crippen LogP contribution in [-0.4, -0.2) is 35.4 Å². The summed E-state index contributed by atoms with van der Waals surface area (Å²) < 4.78 is 52.1. The van der Waals surface area contributed by atoms with Crippen LogP contribution in [0, 0.1) is 0 Å². The smallest absolute Gasteiger partial charge is 0.232 e. The Kier molecular flexibility index (Phi) is 5.24. The zero-order valence-corrected chi connectivity index (χ0v) is 16.2. The lowest BCUT2D eigenvalue weighted by molar-refractivity contribution is 0.596. The van der Waals surface area contributed by atoms with Gasteiger partial charge in [-0.25, -0.2) is 16.8 Å². The molecule has 1 aliphatic heterocycles. The summed E-state index contributed by atoms with van der Waals surface area (Å²) in [7, 11) is -6.75. The van der Waals surface area contributed by atoms with E-state index in [4.69, 9.17) is 0 Å². The van der Waals surface area contributed by atoms with Crippen molar-refractivity contribution < 1.29 is 16.8 Å². The molecule has 0 bridgehead atoms. The van der Waals surface area contributed by atoms with Crippen LogP contribution < -0.4 is 9.03 Å². The molecule has 1 N–H and O–H groups in total. The van der Waals surface area contributed by atoms with Crippen molar-refractivity contribution in [3.8, 4) is 0 Å². The van der Waals surface area contributed by atoms with Gasteiger partial charge in [0.15, 0.2) is 0 Å². The molecule has 3 rings (SSSR count). The number of hydrogen-bond acceptors (Lipinski definition) is 4. The minimum Gasteiger partial charge on any atom is -0.284 e. The van der Waals surface area contributed by atoms with Gasteiger partial charge in [-0.1, -0.05) is 30.3 Å². The molecule has 1 heterocycles. The first-order chi connectivity index (χ1) is 12.2. The van der Waals surface area contributed by atoms with Crippen molar-refractivity contribution in [2.45, 2.75) is 19.3 Å². The Bertz CT molecular complexity index is 987. The lowest BCUT2D eigenvalue weighted by atomic mass is 10.1. The van der Waals surface area contributed by atoms with Gasteiger partial charge in [0.25, 0.3) is 0 Å². The maximum atomic E-state index is 12.3. The number of rotatable bonds is 7. The Labute approximate surface area is 155 Å². The molecule has 6 nitrogen and oxygen atoms in total. The van der Waals surface area contributed by atoms with Crippen LogP contribution >= 0.6 is 0 Å². The fourth-order valence-corrected chi connectivity index (χ4v) is 5.19. The van der Waals surface area contributed by atoms with Gasteiger partial charge in [0.1, 0.15) is 0 Å². The molecule has 0 aromatic heterocycles. The van der Waals surface area contributed by atoms with Gasteiger partial charge < -0.3 is 0 Å². The molecule has 140 valence electrons.